The molecule has 0 fully saturated rings. The van der Waals surface area contributed by atoms with Gasteiger partial charge in [-0.3, -0.25) is 4.79 Å². The Morgan fingerprint density at radius 2 is 1.83 bits per heavy atom. The van der Waals surface area contributed by atoms with Crippen molar-refractivity contribution in [1.29, 1.82) is 0 Å². The number of rotatable bonds is 6. The first kappa shape index (κ1) is 15.9. The molecule has 3 aromatic rings. The predicted octanol–water partition coefficient (Wildman–Crippen LogP) is 3.47. The molecule has 0 aliphatic heterocycles. The number of methoxy groups -OCH3 is 1. The average molecular weight is 340 g/mol. The Balaban J connectivity index is 1.57. The van der Waals surface area contributed by atoms with Gasteiger partial charge in [0.25, 0.3) is 0 Å². The lowest BCUT2D eigenvalue weighted by Gasteiger charge is -2.07. The lowest BCUT2D eigenvalue weighted by atomic mass is 10.3. The topological polar surface area (TPSA) is 76.1 Å². The van der Waals surface area contributed by atoms with Crippen molar-refractivity contribution in [2.24, 2.45) is 0 Å². The zero-order valence-corrected chi connectivity index (χ0v) is 13.8. The highest BCUT2D eigenvalue weighted by atomic mass is 32.1. The zero-order chi connectivity index (χ0) is 16.8. The second-order valence-corrected chi connectivity index (χ2v) is 5.99. The normalized spacial score (nSPS) is 10.2. The van der Waals surface area contributed by atoms with E-state index in [-0.39, 0.29) is 5.91 Å². The van der Waals surface area contributed by atoms with Gasteiger partial charge in [-0.25, -0.2) is 0 Å². The standard InChI is InChI=1S/C17H16N4O2S/c1-23-13-6-4-12(5-7-13)18-15-8-9-16(21-20-15)19-17(22)11-14-3-2-10-24-14/h2-10H,11H2,1H3,(H,18,20)(H,19,21,22). The van der Waals surface area contributed by atoms with Crippen LogP contribution in [0.3, 0.4) is 0 Å². The molecule has 0 bridgehead atoms. The minimum absolute atomic E-state index is 0.109. The molecular weight excluding hydrogens is 324 g/mol. The highest BCUT2D eigenvalue weighted by molar-refractivity contribution is 7.10. The molecule has 122 valence electrons. The number of nitrogens with zero attached hydrogens (tertiary/aromatic N) is 2. The number of benzene rings is 1. The van der Waals surface area contributed by atoms with Crippen LogP contribution in [-0.2, 0) is 11.2 Å². The Morgan fingerprint density at radius 1 is 1.08 bits per heavy atom. The number of hydrogen-bond acceptors (Lipinski definition) is 6. The molecule has 1 aromatic carbocycles. The van der Waals surface area contributed by atoms with E-state index in [9.17, 15) is 4.79 Å². The summed E-state index contributed by atoms with van der Waals surface area (Å²) in [6, 6.07) is 14.8. The summed E-state index contributed by atoms with van der Waals surface area (Å²) < 4.78 is 5.11. The first-order chi connectivity index (χ1) is 11.7. The van der Waals surface area contributed by atoms with E-state index in [2.05, 4.69) is 20.8 Å². The van der Waals surface area contributed by atoms with Crippen molar-refractivity contribution in [2.75, 3.05) is 17.7 Å². The van der Waals surface area contributed by atoms with Crippen molar-refractivity contribution in [2.45, 2.75) is 6.42 Å². The SMILES string of the molecule is COc1ccc(Nc2ccc(NC(=O)Cc3cccs3)nn2)cc1. The lowest BCUT2D eigenvalue weighted by Crippen LogP contribution is -2.15. The molecule has 1 amide bonds. The van der Waals surface area contributed by atoms with Gasteiger partial charge in [-0.15, -0.1) is 21.5 Å². The van der Waals surface area contributed by atoms with Crippen LogP contribution in [0.25, 0.3) is 0 Å². The monoisotopic (exact) mass is 340 g/mol. The Labute approximate surface area is 143 Å². The van der Waals surface area contributed by atoms with Crippen molar-refractivity contribution < 1.29 is 9.53 Å². The first-order valence-electron chi connectivity index (χ1n) is 7.30. The van der Waals surface area contributed by atoms with Gasteiger partial charge in [0.15, 0.2) is 11.6 Å². The summed E-state index contributed by atoms with van der Waals surface area (Å²) in [5.41, 5.74) is 0.875. The molecule has 0 radical (unpaired) electrons. The van der Waals surface area contributed by atoms with Crippen molar-refractivity contribution in [3.05, 3.63) is 58.8 Å². The molecule has 0 aliphatic rings. The summed E-state index contributed by atoms with van der Waals surface area (Å²) in [7, 11) is 1.62. The van der Waals surface area contributed by atoms with Crippen LogP contribution in [0.5, 0.6) is 5.75 Å². The van der Waals surface area contributed by atoms with Crippen molar-refractivity contribution in [1.82, 2.24) is 10.2 Å². The first-order valence-corrected chi connectivity index (χ1v) is 8.18. The maximum atomic E-state index is 11.9. The minimum atomic E-state index is -0.109. The van der Waals surface area contributed by atoms with Crippen LogP contribution in [-0.4, -0.2) is 23.2 Å². The number of aromatic nitrogens is 2. The molecule has 0 saturated heterocycles. The van der Waals surface area contributed by atoms with Gasteiger partial charge in [0.05, 0.1) is 13.5 Å². The molecule has 0 unspecified atom stereocenters. The number of carbonyl (C=O) groups is 1. The van der Waals surface area contributed by atoms with E-state index in [1.807, 2.05) is 41.8 Å². The van der Waals surface area contributed by atoms with Crippen LogP contribution < -0.4 is 15.4 Å². The van der Waals surface area contributed by atoms with E-state index in [0.29, 0.717) is 18.1 Å². The predicted molar refractivity (Wildman–Crippen MR) is 95.0 cm³/mol. The summed E-state index contributed by atoms with van der Waals surface area (Å²) in [5.74, 6) is 1.70. The smallest absolute Gasteiger partial charge is 0.230 e. The van der Waals surface area contributed by atoms with Crippen LogP contribution >= 0.6 is 11.3 Å². The second-order valence-electron chi connectivity index (χ2n) is 4.96. The Morgan fingerprint density at radius 3 is 2.46 bits per heavy atom. The number of anilines is 3. The van der Waals surface area contributed by atoms with Gasteiger partial charge in [-0.05, 0) is 47.8 Å². The van der Waals surface area contributed by atoms with Crippen molar-refractivity contribution in [3.63, 3.8) is 0 Å². The van der Waals surface area contributed by atoms with Crippen LogP contribution in [0.1, 0.15) is 4.88 Å². The Bertz CT molecular complexity index is 786. The van der Waals surface area contributed by atoms with E-state index in [0.717, 1.165) is 16.3 Å². The second kappa shape index (κ2) is 7.56. The highest BCUT2D eigenvalue weighted by Gasteiger charge is 2.06. The molecule has 0 aliphatic carbocycles. The van der Waals surface area contributed by atoms with Gasteiger partial charge in [0, 0.05) is 10.6 Å². The largest absolute Gasteiger partial charge is 0.497 e. The molecule has 6 nitrogen and oxygen atoms in total. The maximum Gasteiger partial charge on any atom is 0.230 e. The zero-order valence-electron chi connectivity index (χ0n) is 13.0. The molecule has 24 heavy (non-hydrogen) atoms. The molecule has 2 N–H and O–H groups in total. The summed E-state index contributed by atoms with van der Waals surface area (Å²) in [4.78, 5) is 12.9. The summed E-state index contributed by atoms with van der Waals surface area (Å²) in [5, 5.41) is 15.9. The van der Waals surface area contributed by atoms with Crippen molar-refractivity contribution in [3.8, 4) is 5.75 Å². The van der Waals surface area contributed by atoms with Gasteiger partial charge >= 0.3 is 0 Å². The molecular formula is C17H16N4O2S. The van der Waals surface area contributed by atoms with E-state index in [1.165, 1.54) is 0 Å². The highest BCUT2D eigenvalue weighted by Crippen LogP contribution is 2.19. The van der Waals surface area contributed by atoms with Gasteiger partial charge in [-0.1, -0.05) is 6.07 Å². The molecule has 0 atom stereocenters. The third-order valence-corrected chi connectivity index (χ3v) is 4.09. The summed E-state index contributed by atoms with van der Waals surface area (Å²) >= 11 is 1.55. The third kappa shape index (κ3) is 4.30. The van der Waals surface area contributed by atoms with Crippen LogP contribution in [0.4, 0.5) is 17.3 Å². The third-order valence-electron chi connectivity index (χ3n) is 3.21. The number of nitrogens with one attached hydrogen (secondary N) is 2. The van der Waals surface area contributed by atoms with Crippen LogP contribution in [0, 0.1) is 0 Å². The Hall–Kier alpha value is -2.93. The molecule has 2 aromatic heterocycles. The molecule has 0 saturated carbocycles. The van der Waals surface area contributed by atoms with Crippen molar-refractivity contribution >= 4 is 34.6 Å². The molecule has 2 heterocycles. The van der Waals surface area contributed by atoms with Gasteiger partial charge < -0.3 is 15.4 Å². The summed E-state index contributed by atoms with van der Waals surface area (Å²) in [6.45, 7) is 0. The minimum Gasteiger partial charge on any atom is -0.497 e. The van der Waals surface area contributed by atoms with E-state index in [1.54, 1.807) is 30.6 Å². The molecule has 0 spiro atoms. The maximum absolute atomic E-state index is 11.9. The van der Waals surface area contributed by atoms with E-state index in [4.69, 9.17) is 4.74 Å². The number of amides is 1. The van der Waals surface area contributed by atoms with Gasteiger partial charge in [0.2, 0.25) is 5.91 Å². The summed E-state index contributed by atoms with van der Waals surface area (Å²) in [6.07, 6.45) is 0.338. The fraction of sp³-hybridized carbons (Fsp3) is 0.118. The molecule has 7 heteroatoms. The Kier molecular flexibility index (Phi) is 5.02. The fourth-order valence-electron chi connectivity index (χ4n) is 2.05. The quantitative estimate of drug-likeness (QED) is 0.718. The molecule has 3 rings (SSSR count). The van der Waals surface area contributed by atoms with E-state index >= 15 is 0 Å². The van der Waals surface area contributed by atoms with Gasteiger partial charge in [0.1, 0.15) is 5.75 Å². The number of hydrogen-bond donors (Lipinski definition) is 2. The number of carbonyl (C=O) groups excluding carboxylic acids is 1. The van der Waals surface area contributed by atoms with Crippen LogP contribution in [0.2, 0.25) is 0 Å². The van der Waals surface area contributed by atoms with E-state index < -0.39 is 0 Å². The number of ether oxygens (including phenoxy) is 1. The number of thiophene rings is 1. The van der Waals surface area contributed by atoms with Crippen LogP contribution in [0.15, 0.2) is 53.9 Å². The lowest BCUT2D eigenvalue weighted by molar-refractivity contribution is -0.115. The average Bonchev–Trinajstić information content (AvgIpc) is 3.10. The fourth-order valence-corrected chi connectivity index (χ4v) is 2.75. The van der Waals surface area contributed by atoms with Gasteiger partial charge in [-0.2, -0.15) is 0 Å².